The van der Waals surface area contributed by atoms with Crippen LogP contribution in [0.15, 0.2) is 24.3 Å². The van der Waals surface area contributed by atoms with E-state index >= 15 is 0 Å². The maximum Gasteiger partial charge on any atom is 0.325 e. The fourth-order valence-corrected chi connectivity index (χ4v) is 4.37. The van der Waals surface area contributed by atoms with Crippen LogP contribution in [0.5, 0.6) is 0 Å². The monoisotopic (exact) mass is 356 g/mol. The number of carbonyl (C=O) groups excluding carboxylic acids is 3. The predicted molar refractivity (Wildman–Crippen MR) is 95.3 cm³/mol. The molecule has 2 saturated heterocycles. The Morgan fingerprint density at radius 1 is 1.35 bits per heavy atom. The van der Waals surface area contributed by atoms with E-state index in [0.29, 0.717) is 6.42 Å². The Labute approximate surface area is 152 Å². The van der Waals surface area contributed by atoms with Crippen molar-refractivity contribution in [2.75, 3.05) is 13.1 Å². The first kappa shape index (κ1) is 17.0. The number of nitrogens with zero attached hydrogens (tertiary/aromatic N) is 1. The van der Waals surface area contributed by atoms with Gasteiger partial charge in [-0.3, -0.25) is 14.5 Å². The molecule has 0 aromatic heterocycles. The molecule has 3 aliphatic rings. The first-order chi connectivity index (χ1) is 12.5. The van der Waals surface area contributed by atoms with Crippen LogP contribution in [0.4, 0.5) is 4.79 Å². The van der Waals surface area contributed by atoms with Crippen molar-refractivity contribution in [3.05, 3.63) is 35.4 Å². The molecule has 1 spiro atoms. The summed E-state index contributed by atoms with van der Waals surface area (Å²) in [5.41, 5.74) is 0.925. The smallest absolute Gasteiger partial charge is 0.325 e. The zero-order valence-electron chi connectivity index (χ0n) is 14.9. The van der Waals surface area contributed by atoms with E-state index < -0.39 is 11.6 Å². The number of carbonyl (C=O) groups is 3. The summed E-state index contributed by atoms with van der Waals surface area (Å²) in [4.78, 5) is 39.0. The minimum absolute atomic E-state index is 0.0261. The summed E-state index contributed by atoms with van der Waals surface area (Å²) in [6.45, 7) is 2.74. The van der Waals surface area contributed by atoms with Crippen LogP contribution in [0.3, 0.4) is 0 Å². The highest BCUT2D eigenvalue weighted by Gasteiger charge is 2.55. The van der Waals surface area contributed by atoms with Gasteiger partial charge in [0.05, 0.1) is 0 Å². The van der Waals surface area contributed by atoms with Gasteiger partial charge in [-0.25, -0.2) is 4.79 Å². The lowest BCUT2D eigenvalue weighted by molar-refractivity contribution is -0.135. The predicted octanol–water partition coefficient (Wildman–Crippen LogP) is 0.637. The normalized spacial score (nSPS) is 30.4. The van der Waals surface area contributed by atoms with E-state index in [1.54, 1.807) is 0 Å². The van der Waals surface area contributed by atoms with Crippen molar-refractivity contribution < 1.29 is 14.4 Å². The molecule has 138 valence electrons. The quantitative estimate of drug-likeness (QED) is 0.693. The summed E-state index contributed by atoms with van der Waals surface area (Å²) >= 11 is 0. The molecule has 1 aromatic carbocycles. The average Bonchev–Trinajstić information content (AvgIpc) is 3.11. The van der Waals surface area contributed by atoms with E-state index in [1.807, 2.05) is 31.2 Å². The molecular formula is C19H24N4O3. The summed E-state index contributed by atoms with van der Waals surface area (Å²) in [6, 6.07) is 7.40. The zero-order valence-corrected chi connectivity index (χ0v) is 14.9. The molecule has 1 aromatic rings. The van der Waals surface area contributed by atoms with E-state index in [4.69, 9.17) is 0 Å². The molecule has 0 radical (unpaired) electrons. The molecule has 26 heavy (non-hydrogen) atoms. The van der Waals surface area contributed by atoms with Gasteiger partial charge in [0.2, 0.25) is 5.91 Å². The number of aryl methyl sites for hydroxylation is 1. The molecule has 3 atom stereocenters. The summed E-state index contributed by atoms with van der Waals surface area (Å²) in [7, 11) is 0. The van der Waals surface area contributed by atoms with E-state index in [1.165, 1.54) is 0 Å². The highest BCUT2D eigenvalue weighted by molar-refractivity contribution is 6.09. The lowest BCUT2D eigenvalue weighted by Gasteiger charge is -2.31. The summed E-state index contributed by atoms with van der Waals surface area (Å²) in [5.74, 6) is -0.616. The van der Waals surface area contributed by atoms with Crippen molar-refractivity contribution >= 4 is 17.8 Å². The standard InChI is InChI=1S/C19H24N4O3/c1-12-15(7-4-10-20-12)21-16(24)11-23-17(25)19(22-18(23)26)9-8-13-5-2-3-6-14(13)19/h2-3,5-6,12,15,20H,4,7-11H2,1H3,(H,21,24)(H,22,26). The minimum Gasteiger partial charge on any atom is -0.350 e. The molecule has 4 rings (SSSR count). The molecular weight excluding hydrogens is 332 g/mol. The van der Waals surface area contributed by atoms with Gasteiger partial charge < -0.3 is 16.0 Å². The molecule has 2 heterocycles. The molecule has 3 N–H and O–H groups in total. The van der Waals surface area contributed by atoms with Crippen LogP contribution in [0, 0.1) is 0 Å². The van der Waals surface area contributed by atoms with Crippen LogP contribution in [0.2, 0.25) is 0 Å². The molecule has 2 fully saturated rings. The summed E-state index contributed by atoms with van der Waals surface area (Å²) < 4.78 is 0. The molecule has 3 unspecified atom stereocenters. The number of urea groups is 1. The number of piperidine rings is 1. The van der Waals surface area contributed by atoms with Crippen LogP contribution in [-0.4, -0.2) is 47.9 Å². The van der Waals surface area contributed by atoms with Crippen LogP contribution in [0.25, 0.3) is 0 Å². The Kier molecular flexibility index (Phi) is 4.19. The minimum atomic E-state index is -1.01. The largest absolute Gasteiger partial charge is 0.350 e. The second-order valence-electron chi connectivity index (χ2n) is 7.44. The van der Waals surface area contributed by atoms with E-state index in [2.05, 4.69) is 16.0 Å². The van der Waals surface area contributed by atoms with Crippen molar-refractivity contribution in [1.82, 2.24) is 20.9 Å². The van der Waals surface area contributed by atoms with Gasteiger partial charge in [-0.05, 0) is 50.3 Å². The SMILES string of the molecule is CC1NCCCC1NC(=O)CN1C(=O)NC2(CCc3ccccc32)C1=O. The molecule has 0 bridgehead atoms. The molecule has 2 aliphatic heterocycles. The third-order valence-corrected chi connectivity index (χ3v) is 5.83. The number of fused-ring (bicyclic) bond motifs is 2. The molecule has 7 heteroatoms. The van der Waals surface area contributed by atoms with Gasteiger partial charge in [0.15, 0.2) is 0 Å². The van der Waals surface area contributed by atoms with Gasteiger partial charge >= 0.3 is 6.03 Å². The highest BCUT2D eigenvalue weighted by Crippen LogP contribution is 2.41. The molecule has 1 aliphatic carbocycles. The summed E-state index contributed by atoms with van der Waals surface area (Å²) in [5, 5.41) is 9.13. The Bertz CT molecular complexity index is 765. The second-order valence-corrected chi connectivity index (χ2v) is 7.44. The van der Waals surface area contributed by atoms with Gasteiger partial charge in [-0.1, -0.05) is 24.3 Å². The average molecular weight is 356 g/mol. The Morgan fingerprint density at radius 3 is 2.96 bits per heavy atom. The Hall–Kier alpha value is -2.41. The number of hydrogen-bond acceptors (Lipinski definition) is 4. The molecule has 0 saturated carbocycles. The number of amides is 4. The van der Waals surface area contributed by atoms with Crippen molar-refractivity contribution in [2.45, 2.75) is 50.2 Å². The topological polar surface area (TPSA) is 90.5 Å². The van der Waals surface area contributed by atoms with Crippen molar-refractivity contribution in [2.24, 2.45) is 0 Å². The van der Waals surface area contributed by atoms with E-state index in [-0.39, 0.29) is 30.4 Å². The first-order valence-electron chi connectivity index (χ1n) is 9.26. The lowest BCUT2D eigenvalue weighted by Crippen LogP contribution is -2.54. The van der Waals surface area contributed by atoms with Gasteiger partial charge in [0, 0.05) is 12.1 Å². The van der Waals surface area contributed by atoms with Gasteiger partial charge in [0.25, 0.3) is 5.91 Å². The Balaban J connectivity index is 1.48. The van der Waals surface area contributed by atoms with Crippen molar-refractivity contribution in [3.63, 3.8) is 0 Å². The maximum absolute atomic E-state index is 13.0. The number of hydrogen-bond donors (Lipinski definition) is 3. The third-order valence-electron chi connectivity index (χ3n) is 5.83. The zero-order chi connectivity index (χ0) is 18.3. The first-order valence-corrected chi connectivity index (χ1v) is 9.26. The van der Waals surface area contributed by atoms with Crippen molar-refractivity contribution in [1.29, 1.82) is 0 Å². The van der Waals surface area contributed by atoms with Gasteiger partial charge in [-0.2, -0.15) is 0 Å². The molecule has 7 nitrogen and oxygen atoms in total. The number of rotatable bonds is 3. The van der Waals surface area contributed by atoms with Crippen molar-refractivity contribution in [3.8, 4) is 0 Å². The fraction of sp³-hybridized carbons (Fsp3) is 0.526. The summed E-state index contributed by atoms with van der Waals surface area (Å²) in [6.07, 6.45) is 3.18. The van der Waals surface area contributed by atoms with Gasteiger partial charge in [-0.15, -0.1) is 0 Å². The van der Waals surface area contributed by atoms with E-state index in [9.17, 15) is 14.4 Å². The second kappa shape index (κ2) is 6.39. The van der Waals surface area contributed by atoms with Crippen LogP contribution >= 0.6 is 0 Å². The number of nitrogens with one attached hydrogen (secondary N) is 3. The van der Waals surface area contributed by atoms with Crippen LogP contribution < -0.4 is 16.0 Å². The fourth-order valence-electron chi connectivity index (χ4n) is 4.37. The Morgan fingerprint density at radius 2 is 2.15 bits per heavy atom. The van der Waals surface area contributed by atoms with E-state index in [0.717, 1.165) is 41.8 Å². The number of imide groups is 1. The van der Waals surface area contributed by atoms with Crippen LogP contribution in [-0.2, 0) is 21.5 Å². The van der Waals surface area contributed by atoms with Crippen LogP contribution in [0.1, 0.15) is 37.3 Å². The third kappa shape index (κ3) is 2.67. The molecule has 4 amide bonds. The number of benzene rings is 1. The highest BCUT2D eigenvalue weighted by atomic mass is 16.2. The lowest BCUT2D eigenvalue weighted by atomic mass is 9.92. The van der Waals surface area contributed by atoms with Gasteiger partial charge in [0.1, 0.15) is 12.1 Å². The maximum atomic E-state index is 13.0.